The Morgan fingerprint density at radius 1 is 1.32 bits per heavy atom. The van der Waals surface area contributed by atoms with Gasteiger partial charge in [-0.3, -0.25) is 0 Å². The van der Waals surface area contributed by atoms with E-state index >= 15 is 0 Å². The van der Waals surface area contributed by atoms with Gasteiger partial charge in [0.15, 0.2) is 0 Å². The summed E-state index contributed by atoms with van der Waals surface area (Å²) in [6.45, 7) is 3.11. The van der Waals surface area contributed by atoms with Crippen LogP contribution in [0.4, 0.5) is 0 Å². The van der Waals surface area contributed by atoms with Crippen LogP contribution in [0.2, 0.25) is 0 Å². The molecule has 106 valence electrons. The molecule has 0 aliphatic carbocycles. The lowest BCUT2D eigenvalue weighted by Crippen LogP contribution is -2.38. The molecule has 0 spiro atoms. The first-order valence-electron chi connectivity index (χ1n) is 6.69. The van der Waals surface area contributed by atoms with Crippen molar-refractivity contribution in [2.75, 3.05) is 20.3 Å². The zero-order chi connectivity index (χ0) is 13.9. The average Bonchev–Trinajstić information content (AvgIpc) is 2.88. The first kappa shape index (κ1) is 14.5. The first-order valence-corrected chi connectivity index (χ1v) is 8.13. The van der Waals surface area contributed by atoms with E-state index in [0.717, 1.165) is 24.8 Å². The van der Waals surface area contributed by atoms with E-state index < -0.39 is 10.0 Å². The number of sulfonamides is 1. The van der Waals surface area contributed by atoms with Crippen LogP contribution in [0.15, 0.2) is 29.2 Å². The van der Waals surface area contributed by atoms with Gasteiger partial charge in [0.05, 0.1) is 11.5 Å². The number of ether oxygens (including phenoxy) is 1. The van der Waals surface area contributed by atoms with Crippen molar-refractivity contribution < 1.29 is 13.2 Å². The number of benzene rings is 1. The molecule has 1 heterocycles. The third kappa shape index (κ3) is 2.99. The topological polar surface area (TPSA) is 46.6 Å². The summed E-state index contributed by atoms with van der Waals surface area (Å²) < 4.78 is 31.9. The lowest BCUT2D eigenvalue weighted by molar-refractivity contribution is 0.149. The minimum Gasteiger partial charge on any atom is -0.383 e. The predicted molar refractivity (Wildman–Crippen MR) is 74.6 cm³/mol. The molecule has 1 aliphatic heterocycles. The largest absolute Gasteiger partial charge is 0.383 e. The van der Waals surface area contributed by atoms with Gasteiger partial charge < -0.3 is 4.74 Å². The summed E-state index contributed by atoms with van der Waals surface area (Å²) in [5.41, 5.74) is 1.15. The standard InChI is InChI=1S/C14H21NO3S/c1-3-12-6-8-14(9-7-12)19(16,17)15-10-4-5-13(15)11-18-2/h6-9,13H,3-5,10-11H2,1-2H3/t13-/m1/s1. The van der Waals surface area contributed by atoms with Crippen LogP contribution in [0.3, 0.4) is 0 Å². The summed E-state index contributed by atoms with van der Waals surface area (Å²) >= 11 is 0. The highest BCUT2D eigenvalue weighted by Crippen LogP contribution is 2.26. The molecule has 0 bridgehead atoms. The molecular weight excluding hydrogens is 262 g/mol. The smallest absolute Gasteiger partial charge is 0.243 e. The van der Waals surface area contributed by atoms with Gasteiger partial charge in [0.1, 0.15) is 0 Å². The Labute approximate surface area is 115 Å². The second-order valence-electron chi connectivity index (χ2n) is 4.86. The van der Waals surface area contributed by atoms with E-state index in [-0.39, 0.29) is 6.04 Å². The van der Waals surface area contributed by atoms with Gasteiger partial charge >= 0.3 is 0 Å². The van der Waals surface area contributed by atoms with Crippen LogP contribution >= 0.6 is 0 Å². The fourth-order valence-electron chi connectivity index (χ4n) is 2.52. The van der Waals surface area contributed by atoms with Gasteiger partial charge in [0.2, 0.25) is 10.0 Å². The predicted octanol–water partition coefficient (Wildman–Crippen LogP) is 2.05. The van der Waals surface area contributed by atoms with E-state index in [0.29, 0.717) is 18.0 Å². The Morgan fingerprint density at radius 2 is 2.00 bits per heavy atom. The number of rotatable bonds is 5. The van der Waals surface area contributed by atoms with Crippen molar-refractivity contribution in [3.05, 3.63) is 29.8 Å². The van der Waals surface area contributed by atoms with E-state index in [1.807, 2.05) is 12.1 Å². The van der Waals surface area contributed by atoms with Crippen LogP contribution in [-0.4, -0.2) is 39.0 Å². The Hall–Kier alpha value is -0.910. The Bertz CT molecular complexity index is 510. The molecule has 0 radical (unpaired) electrons. The second-order valence-corrected chi connectivity index (χ2v) is 6.76. The van der Waals surface area contributed by atoms with Crippen LogP contribution in [0.1, 0.15) is 25.3 Å². The maximum Gasteiger partial charge on any atom is 0.243 e. The minimum atomic E-state index is -3.38. The maximum absolute atomic E-state index is 12.6. The number of aryl methyl sites for hydroxylation is 1. The third-order valence-corrected chi connectivity index (χ3v) is 5.59. The van der Waals surface area contributed by atoms with Gasteiger partial charge in [-0.1, -0.05) is 19.1 Å². The second kappa shape index (κ2) is 6.03. The molecule has 4 nitrogen and oxygen atoms in total. The van der Waals surface area contributed by atoms with Gasteiger partial charge in [-0.2, -0.15) is 4.31 Å². The summed E-state index contributed by atoms with van der Waals surface area (Å²) in [7, 11) is -1.77. The number of nitrogens with zero attached hydrogens (tertiary/aromatic N) is 1. The molecule has 5 heteroatoms. The molecule has 1 saturated heterocycles. The molecule has 2 rings (SSSR count). The van der Waals surface area contributed by atoms with E-state index in [4.69, 9.17) is 4.74 Å². The van der Waals surface area contributed by atoms with Gasteiger partial charge in [0, 0.05) is 19.7 Å². The summed E-state index contributed by atoms with van der Waals surface area (Å²) in [5, 5.41) is 0. The fraction of sp³-hybridized carbons (Fsp3) is 0.571. The van der Waals surface area contributed by atoms with Crippen LogP contribution in [0.5, 0.6) is 0 Å². The zero-order valence-corrected chi connectivity index (χ0v) is 12.3. The van der Waals surface area contributed by atoms with Crippen molar-refractivity contribution in [2.45, 2.75) is 37.1 Å². The Morgan fingerprint density at radius 3 is 2.58 bits per heavy atom. The highest BCUT2D eigenvalue weighted by Gasteiger charge is 2.35. The third-order valence-electron chi connectivity index (χ3n) is 3.62. The van der Waals surface area contributed by atoms with Crippen LogP contribution in [0.25, 0.3) is 0 Å². The summed E-state index contributed by atoms with van der Waals surface area (Å²) in [6.07, 6.45) is 2.69. The molecule has 0 amide bonds. The molecule has 0 unspecified atom stereocenters. The monoisotopic (exact) mass is 283 g/mol. The Kier molecular flexibility index (Phi) is 4.60. The average molecular weight is 283 g/mol. The summed E-state index contributed by atoms with van der Waals surface area (Å²) in [6, 6.07) is 7.15. The summed E-state index contributed by atoms with van der Waals surface area (Å²) in [4.78, 5) is 0.382. The number of hydrogen-bond donors (Lipinski definition) is 0. The Balaban J connectivity index is 2.25. The zero-order valence-electron chi connectivity index (χ0n) is 11.5. The lowest BCUT2D eigenvalue weighted by Gasteiger charge is -2.23. The summed E-state index contributed by atoms with van der Waals surface area (Å²) in [5.74, 6) is 0. The highest BCUT2D eigenvalue weighted by atomic mass is 32.2. The number of hydrogen-bond acceptors (Lipinski definition) is 3. The van der Waals surface area contributed by atoms with Crippen molar-refractivity contribution in [1.29, 1.82) is 0 Å². The van der Waals surface area contributed by atoms with Crippen molar-refractivity contribution in [3.63, 3.8) is 0 Å². The van der Waals surface area contributed by atoms with E-state index in [1.54, 1.807) is 23.5 Å². The highest BCUT2D eigenvalue weighted by molar-refractivity contribution is 7.89. The molecule has 0 saturated carbocycles. The van der Waals surface area contributed by atoms with Crippen LogP contribution in [0, 0.1) is 0 Å². The van der Waals surface area contributed by atoms with Gasteiger partial charge in [0.25, 0.3) is 0 Å². The fourth-order valence-corrected chi connectivity index (χ4v) is 4.20. The molecule has 19 heavy (non-hydrogen) atoms. The molecule has 1 atom stereocenters. The van der Waals surface area contributed by atoms with Crippen LogP contribution < -0.4 is 0 Å². The van der Waals surface area contributed by atoms with Crippen molar-refractivity contribution >= 4 is 10.0 Å². The lowest BCUT2D eigenvalue weighted by atomic mass is 10.2. The number of methoxy groups -OCH3 is 1. The van der Waals surface area contributed by atoms with Gasteiger partial charge in [-0.25, -0.2) is 8.42 Å². The molecule has 1 fully saturated rings. The van der Waals surface area contributed by atoms with E-state index in [9.17, 15) is 8.42 Å². The normalized spacial score (nSPS) is 20.8. The van der Waals surface area contributed by atoms with Crippen molar-refractivity contribution in [3.8, 4) is 0 Å². The molecule has 0 N–H and O–H groups in total. The molecule has 1 aliphatic rings. The molecule has 1 aromatic rings. The van der Waals surface area contributed by atoms with Crippen molar-refractivity contribution in [1.82, 2.24) is 4.31 Å². The quantitative estimate of drug-likeness (QED) is 0.831. The maximum atomic E-state index is 12.6. The van der Waals surface area contributed by atoms with Gasteiger partial charge in [-0.15, -0.1) is 0 Å². The van der Waals surface area contributed by atoms with E-state index in [2.05, 4.69) is 6.92 Å². The van der Waals surface area contributed by atoms with E-state index in [1.165, 1.54) is 0 Å². The first-order chi connectivity index (χ1) is 9.09. The van der Waals surface area contributed by atoms with Crippen molar-refractivity contribution in [2.24, 2.45) is 0 Å². The van der Waals surface area contributed by atoms with Crippen LogP contribution in [-0.2, 0) is 21.2 Å². The molecular formula is C14H21NO3S. The molecule has 1 aromatic carbocycles. The van der Waals surface area contributed by atoms with Gasteiger partial charge in [-0.05, 0) is 37.0 Å². The minimum absolute atomic E-state index is 0.0270. The molecule has 0 aromatic heterocycles. The SMILES string of the molecule is CCc1ccc(S(=O)(=O)N2CCC[C@@H]2COC)cc1.